The molecule has 0 radical (unpaired) electrons. The number of nitrogens with zero attached hydrogens (tertiary/aromatic N) is 2. The number of fused-ring (bicyclic) bond motifs is 6. The van der Waals surface area contributed by atoms with Crippen molar-refractivity contribution in [2.45, 2.75) is 30.2 Å². The first-order valence-electron chi connectivity index (χ1n) is 17.7. The van der Waals surface area contributed by atoms with E-state index >= 15 is 0 Å². The topological polar surface area (TPSA) is 58.3 Å². The van der Waals surface area contributed by atoms with Crippen molar-refractivity contribution < 1.29 is 10.2 Å². The molecular formula is C44H37B3N2O2. The molecule has 4 nitrogen and oxygen atoms in total. The number of rotatable bonds is 5. The fourth-order valence-corrected chi connectivity index (χ4v) is 8.33. The summed E-state index contributed by atoms with van der Waals surface area (Å²) in [7, 11) is 5.08. The van der Waals surface area contributed by atoms with Gasteiger partial charge in [0.15, 0.2) is 7.85 Å². The minimum absolute atomic E-state index is 0.0949. The minimum atomic E-state index is -2.00. The first-order valence-corrected chi connectivity index (χ1v) is 17.7. The van der Waals surface area contributed by atoms with E-state index in [0.717, 1.165) is 22.3 Å². The van der Waals surface area contributed by atoms with Gasteiger partial charge in [-0.2, -0.15) is 0 Å². The van der Waals surface area contributed by atoms with Gasteiger partial charge in [-0.05, 0) is 96.4 Å². The largest absolute Gasteiger partial charge is 0.375 e. The fourth-order valence-electron chi connectivity index (χ4n) is 8.33. The molecular weight excluding hydrogens is 621 g/mol. The van der Waals surface area contributed by atoms with E-state index in [0.29, 0.717) is 5.82 Å². The third kappa shape index (κ3) is 4.61. The summed E-state index contributed by atoms with van der Waals surface area (Å²) in [4.78, 5) is 4.97. The molecule has 1 aliphatic carbocycles. The molecule has 244 valence electrons. The quantitative estimate of drug-likeness (QED) is 0.124. The maximum atomic E-state index is 10.9. The lowest BCUT2D eigenvalue weighted by Crippen LogP contribution is -2.54. The molecule has 2 N–H and O–H groups in total. The van der Waals surface area contributed by atoms with Crippen molar-refractivity contribution in [1.82, 2.24) is 9.55 Å². The van der Waals surface area contributed by atoms with Crippen LogP contribution < -0.4 is 0 Å². The van der Waals surface area contributed by atoms with Gasteiger partial charge in [-0.25, -0.2) is 4.98 Å². The van der Waals surface area contributed by atoms with Crippen LogP contribution in [-0.2, 0) is 10.6 Å². The van der Waals surface area contributed by atoms with E-state index in [-0.39, 0.29) is 5.41 Å². The zero-order valence-electron chi connectivity index (χ0n) is 29.6. The number of para-hydroxylation sites is 2. The van der Waals surface area contributed by atoms with E-state index in [1.165, 1.54) is 68.3 Å². The Balaban J connectivity index is 1.29. The maximum absolute atomic E-state index is 10.9. The van der Waals surface area contributed by atoms with E-state index < -0.39 is 10.9 Å². The Kier molecular flexibility index (Phi) is 6.86. The highest BCUT2D eigenvalue weighted by Crippen LogP contribution is 2.51. The molecule has 1 heterocycles. The second kappa shape index (κ2) is 11.1. The predicted octanol–water partition coefficient (Wildman–Crippen LogP) is 6.66. The molecule has 7 heteroatoms. The second-order valence-corrected chi connectivity index (χ2v) is 15.2. The third-order valence-corrected chi connectivity index (χ3v) is 11.5. The van der Waals surface area contributed by atoms with Crippen molar-refractivity contribution in [2.75, 3.05) is 0 Å². The fraction of sp³-hybridized carbons (Fsp3) is 0.114. The highest BCUT2D eigenvalue weighted by atomic mass is 16.5. The van der Waals surface area contributed by atoms with Gasteiger partial charge < -0.3 is 10.2 Å². The Morgan fingerprint density at radius 1 is 0.569 bits per heavy atom. The second-order valence-electron chi connectivity index (χ2n) is 15.2. The summed E-state index contributed by atoms with van der Waals surface area (Å²) in [5.41, 5.74) is 10.6. The SMILES string of the molecule is BC(O)(O)C(B)(B)c1nc2ccccc2n1-c1cccc(-c2c3ccccc3c(-c3ccc4c(c3)C(C)(C)c3ccccc3-4)c3ccccc23)c1. The normalized spacial score (nSPS) is 13.9. The number of benzene rings is 7. The van der Waals surface area contributed by atoms with Gasteiger partial charge in [0.2, 0.25) is 0 Å². The summed E-state index contributed by atoms with van der Waals surface area (Å²) in [5.74, 6) is 0.583. The molecule has 0 amide bonds. The number of aliphatic hydroxyl groups is 2. The average molecular weight is 658 g/mol. The van der Waals surface area contributed by atoms with Gasteiger partial charge in [-0.1, -0.05) is 123 Å². The number of hydrogen-bond acceptors (Lipinski definition) is 3. The van der Waals surface area contributed by atoms with E-state index in [2.05, 4.69) is 134 Å². The molecule has 0 spiro atoms. The molecule has 51 heavy (non-hydrogen) atoms. The lowest BCUT2D eigenvalue weighted by atomic mass is 9.45. The van der Waals surface area contributed by atoms with E-state index in [1.54, 1.807) is 0 Å². The minimum Gasteiger partial charge on any atom is -0.375 e. The van der Waals surface area contributed by atoms with Crippen LogP contribution in [0.5, 0.6) is 0 Å². The van der Waals surface area contributed by atoms with Crippen LogP contribution in [0.4, 0.5) is 0 Å². The van der Waals surface area contributed by atoms with Gasteiger partial charge >= 0.3 is 0 Å². The lowest BCUT2D eigenvalue weighted by molar-refractivity contribution is -0.100. The molecule has 0 aliphatic heterocycles. The molecule has 1 aromatic heterocycles. The number of hydrogen-bond donors (Lipinski definition) is 2. The van der Waals surface area contributed by atoms with Crippen LogP contribution in [0.25, 0.3) is 71.6 Å². The van der Waals surface area contributed by atoms with Crippen LogP contribution >= 0.6 is 0 Å². The predicted molar refractivity (Wildman–Crippen MR) is 219 cm³/mol. The van der Waals surface area contributed by atoms with E-state index in [9.17, 15) is 10.2 Å². The Hall–Kier alpha value is -5.36. The standard InChI is InChI=1S/C44H37B3N2O2/c1-42(2)35-19-8-7-14-29(35)30-23-22-27(25-36(30)42)40-33-17-5-3-15-31(33)39(32-16-4-6-18-34(32)40)26-12-11-13-28(24-26)49-38-21-10-9-20-37(38)48-41(49)43(45,46)44(47,50)51/h3-25,50-51H,45-47H2,1-2H3. The van der Waals surface area contributed by atoms with Gasteiger partial charge in [0, 0.05) is 16.3 Å². The van der Waals surface area contributed by atoms with Crippen molar-refractivity contribution in [1.29, 1.82) is 0 Å². The van der Waals surface area contributed by atoms with Crippen LogP contribution in [0.2, 0.25) is 0 Å². The smallest absolute Gasteiger partial charge is 0.177 e. The summed E-state index contributed by atoms with van der Waals surface area (Å²) in [5, 5.41) is 25.5. The van der Waals surface area contributed by atoms with Crippen LogP contribution in [0.1, 0.15) is 30.8 Å². The molecule has 9 rings (SSSR count). The number of imidazole rings is 1. The van der Waals surface area contributed by atoms with Crippen LogP contribution in [0, 0.1) is 0 Å². The lowest BCUT2D eigenvalue weighted by Gasteiger charge is -2.36. The summed E-state index contributed by atoms with van der Waals surface area (Å²) < 4.78 is 2.08. The van der Waals surface area contributed by atoms with Gasteiger partial charge in [0.1, 0.15) is 27.2 Å². The Bertz CT molecular complexity index is 2650. The van der Waals surface area contributed by atoms with Gasteiger partial charge in [-0.3, -0.25) is 4.57 Å². The first kappa shape index (κ1) is 31.6. The summed E-state index contributed by atoms with van der Waals surface area (Å²) >= 11 is 0. The molecule has 1 aliphatic rings. The van der Waals surface area contributed by atoms with Crippen LogP contribution in [-0.4, -0.2) is 49.0 Å². The van der Waals surface area contributed by atoms with Crippen molar-refractivity contribution in [2.24, 2.45) is 0 Å². The number of aromatic nitrogens is 2. The average Bonchev–Trinajstić information content (AvgIpc) is 3.63. The highest BCUT2D eigenvalue weighted by molar-refractivity contribution is 6.44. The van der Waals surface area contributed by atoms with Crippen molar-refractivity contribution in [3.05, 3.63) is 156 Å². The summed E-state index contributed by atoms with van der Waals surface area (Å²) in [6, 6.07) is 49.9. The van der Waals surface area contributed by atoms with Crippen molar-refractivity contribution in [3.8, 4) is 39.1 Å². The summed E-state index contributed by atoms with van der Waals surface area (Å²) in [6.45, 7) is 4.68. The summed E-state index contributed by atoms with van der Waals surface area (Å²) in [6.07, 6.45) is 0. The monoisotopic (exact) mass is 658 g/mol. The Labute approximate surface area is 300 Å². The van der Waals surface area contributed by atoms with Gasteiger partial charge in [0.05, 0.1) is 11.0 Å². The maximum Gasteiger partial charge on any atom is 0.177 e. The van der Waals surface area contributed by atoms with Crippen LogP contribution in [0.3, 0.4) is 0 Å². The molecule has 0 atom stereocenters. The zero-order chi connectivity index (χ0) is 35.3. The van der Waals surface area contributed by atoms with Crippen LogP contribution in [0.15, 0.2) is 140 Å². The molecule has 8 aromatic rings. The molecule has 0 unspecified atom stereocenters. The Morgan fingerprint density at radius 2 is 1.12 bits per heavy atom. The van der Waals surface area contributed by atoms with E-state index in [4.69, 9.17) is 4.98 Å². The molecule has 7 aromatic carbocycles. The van der Waals surface area contributed by atoms with Crippen molar-refractivity contribution >= 4 is 56.1 Å². The molecule has 0 fully saturated rings. The first-order chi connectivity index (χ1) is 24.5. The van der Waals surface area contributed by atoms with Gasteiger partial charge in [-0.15, -0.1) is 0 Å². The highest BCUT2D eigenvalue weighted by Gasteiger charge is 2.42. The zero-order valence-corrected chi connectivity index (χ0v) is 29.6. The molecule has 0 saturated heterocycles. The molecule has 0 bridgehead atoms. The van der Waals surface area contributed by atoms with Crippen molar-refractivity contribution in [3.63, 3.8) is 0 Å². The Morgan fingerprint density at radius 3 is 1.76 bits per heavy atom. The van der Waals surface area contributed by atoms with E-state index in [1.807, 2.05) is 40.0 Å². The van der Waals surface area contributed by atoms with Gasteiger partial charge in [0.25, 0.3) is 0 Å². The molecule has 0 saturated carbocycles. The third-order valence-electron chi connectivity index (χ3n) is 11.5.